The number of aliphatic carboxylic acids is 1. The summed E-state index contributed by atoms with van der Waals surface area (Å²) in [7, 11) is 0. The van der Waals surface area contributed by atoms with Gasteiger partial charge in [0.15, 0.2) is 0 Å². The molecule has 0 aliphatic carbocycles. The van der Waals surface area contributed by atoms with E-state index in [0.29, 0.717) is 18.7 Å². The van der Waals surface area contributed by atoms with Crippen LogP contribution in [0.5, 0.6) is 0 Å². The Bertz CT molecular complexity index is 428. The van der Waals surface area contributed by atoms with Crippen molar-refractivity contribution in [3.05, 3.63) is 12.2 Å². The fourth-order valence-electron chi connectivity index (χ4n) is 2.99. The van der Waals surface area contributed by atoms with Gasteiger partial charge in [-0.1, -0.05) is 38.3 Å². The average Bonchev–Trinajstić information content (AvgIpc) is 2.57. The molecule has 1 amide bonds. The largest absolute Gasteiger partial charge is 0.481 e. The zero-order valence-electron chi connectivity index (χ0n) is 15.4. The summed E-state index contributed by atoms with van der Waals surface area (Å²) in [6.07, 6.45) is 11.1. The van der Waals surface area contributed by atoms with Crippen molar-refractivity contribution in [1.82, 2.24) is 4.90 Å². The quantitative estimate of drug-likeness (QED) is 0.383. The van der Waals surface area contributed by atoms with E-state index >= 15 is 0 Å². The Labute approximate surface area is 155 Å². The van der Waals surface area contributed by atoms with Gasteiger partial charge in [0.25, 0.3) is 0 Å². The Hall–Kier alpha value is -1.01. The van der Waals surface area contributed by atoms with Crippen LogP contribution < -0.4 is 0 Å². The van der Waals surface area contributed by atoms with Gasteiger partial charge in [0.05, 0.1) is 18.6 Å². The molecule has 1 fully saturated rings. The predicted molar refractivity (Wildman–Crippen MR) is 103 cm³/mol. The monoisotopic (exact) mass is 371 g/mol. The molecule has 0 aromatic carbocycles. The second-order valence-electron chi connectivity index (χ2n) is 6.60. The highest BCUT2D eigenvalue weighted by atomic mass is 32.2. The molecule has 2 N–H and O–H groups in total. The van der Waals surface area contributed by atoms with Gasteiger partial charge in [-0.3, -0.25) is 9.59 Å². The summed E-state index contributed by atoms with van der Waals surface area (Å²) < 4.78 is 0. The van der Waals surface area contributed by atoms with E-state index in [4.69, 9.17) is 5.11 Å². The number of likely N-dealkylation sites (tertiary alicyclic amines) is 1. The molecular formula is C19H33NO4S. The third-order valence-electron chi connectivity index (χ3n) is 4.42. The number of nitrogens with zero attached hydrogens (tertiary/aromatic N) is 1. The molecule has 1 aliphatic rings. The van der Waals surface area contributed by atoms with Gasteiger partial charge in [0.1, 0.15) is 0 Å². The zero-order valence-corrected chi connectivity index (χ0v) is 16.2. The van der Waals surface area contributed by atoms with Crippen molar-refractivity contribution in [3.63, 3.8) is 0 Å². The molecule has 0 aromatic rings. The van der Waals surface area contributed by atoms with Gasteiger partial charge in [-0.15, -0.1) is 0 Å². The number of hydrogen-bond acceptors (Lipinski definition) is 4. The molecule has 25 heavy (non-hydrogen) atoms. The highest BCUT2D eigenvalue weighted by Crippen LogP contribution is 2.21. The van der Waals surface area contributed by atoms with Crippen LogP contribution in [0.15, 0.2) is 12.2 Å². The highest BCUT2D eigenvalue weighted by molar-refractivity contribution is 7.99. The Balaban J connectivity index is 2.36. The van der Waals surface area contributed by atoms with Crippen molar-refractivity contribution >= 4 is 23.6 Å². The third kappa shape index (κ3) is 9.90. The molecule has 1 heterocycles. The van der Waals surface area contributed by atoms with Crippen molar-refractivity contribution in [3.8, 4) is 0 Å². The van der Waals surface area contributed by atoms with Crippen molar-refractivity contribution < 1.29 is 19.8 Å². The Morgan fingerprint density at radius 3 is 2.88 bits per heavy atom. The standard InChI is InChI=1S/C19H33NO4S/c1-2-3-4-8-17(21)11-10-16-7-5-9-18(22)20(16)13-6-14-25-15-12-19(23)24/h10-11,16-17,21H,2-9,12-15H2,1H3,(H,23,24)/t16-,17?/m1/s1. The number of carboxylic acids is 1. The van der Waals surface area contributed by atoms with E-state index in [0.717, 1.165) is 50.7 Å². The van der Waals surface area contributed by atoms with Crippen LogP contribution in [-0.2, 0) is 9.59 Å². The summed E-state index contributed by atoms with van der Waals surface area (Å²) in [5.74, 6) is 0.919. The topological polar surface area (TPSA) is 77.8 Å². The number of amides is 1. The Morgan fingerprint density at radius 1 is 1.36 bits per heavy atom. The minimum absolute atomic E-state index is 0.0890. The first-order valence-corrected chi connectivity index (χ1v) is 10.7. The number of aliphatic hydroxyl groups is 1. The van der Waals surface area contributed by atoms with Gasteiger partial charge in [-0.2, -0.15) is 11.8 Å². The number of rotatable bonds is 13. The van der Waals surface area contributed by atoms with Crippen LogP contribution in [0.3, 0.4) is 0 Å². The lowest BCUT2D eigenvalue weighted by Gasteiger charge is -2.34. The predicted octanol–water partition coefficient (Wildman–Crippen LogP) is 3.46. The van der Waals surface area contributed by atoms with E-state index in [1.165, 1.54) is 0 Å². The van der Waals surface area contributed by atoms with E-state index in [-0.39, 0.29) is 18.4 Å². The molecule has 0 spiro atoms. The minimum atomic E-state index is -0.763. The van der Waals surface area contributed by atoms with Crippen LogP contribution >= 0.6 is 11.8 Å². The van der Waals surface area contributed by atoms with Crippen LogP contribution in [0.4, 0.5) is 0 Å². The zero-order chi connectivity index (χ0) is 18.5. The lowest BCUT2D eigenvalue weighted by atomic mass is 9.99. The second-order valence-corrected chi connectivity index (χ2v) is 7.83. The summed E-state index contributed by atoms with van der Waals surface area (Å²) in [4.78, 5) is 24.6. The molecule has 1 aliphatic heterocycles. The maximum absolute atomic E-state index is 12.2. The number of hydrogen-bond donors (Lipinski definition) is 2. The number of carbonyl (C=O) groups is 2. The molecule has 0 aromatic heterocycles. The molecule has 0 saturated carbocycles. The molecule has 1 unspecified atom stereocenters. The third-order valence-corrected chi connectivity index (χ3v) is 5.49. The molecule has 0 bridgehead atoms. The lowest BCUT2D eigenvalue weighted by molar-refractivity contribution is -0.136. The first kappa shape index (κ1) is 22.0. The fourth-order valence-corrected chi connectivity index (χ4v) is 3.85. The summed E-state index contributed by atoms with van der Waals surface area (Å²) in [6, 6.07) is 0.0890. The van der Waals surface area contributed by atoms with Gasteiger partial charge in [-0.25, -0.2) is 0 Å². The van der Waals surface area contributed by atoms with Crippen molar-refractivity contribution in [1.29, 1.82) is 0 Å². The minimum Gasteiger partial charge on any atom is -0.481 e. The number of aliphatic hydroxyl groups excluding tert-OH is 1. The van der Waals surface area contributed by atoms with Crippen LogP contribution in [0.1, 0.15) is 64.7 Å². The molecular weight excluding hydrogens is 338 g/mol. The SMILES string of the molecule is CCCCCC(O)C=C[C@H]1CCCC(=O)N1CCCSCCC(=O)O. The van der Waals surface area contributed by atoms with Crippen LogP contribution in [0.25, 0.3) is 0 Å². The Kier molecular flexibility index (Phi) is 11.7. The number of piperidine rings is 1. The first-order valence-electron chi connectivity index (χ1n) is 9.50. The lowest BCUT2D eigenvalue weighted by Crippen LogP contribution is -2.43. The number of carboxylic acid groups (broad SMARTS) is 1. The summed E-state index contributed by atoms with van der Waals surface area (Å²) in [5.41, 5.74) is 0. The molecule has 1 rings (SSSR count). The van der Waals surface area contributed by atoms with Gasteiger partial charge in [0.2, 0.25) is 5.91 Å². The number of carbonyl (C=O) groups excluding carboxylic acids is 1. The van der Waals surface area contributed by atoms with Gasteiger partial charge < -0.3 is 15.1 Å². The van der Waals surface area contributed by atoms with E-state index in [2.05, 4.69) is 6.92 Å². The molecule has 2 atom stereocenters. The maximum atomic E-state index is 12.2. The smallest absolute Gasteiger partial charge is 0.304 e. The summed E-state index contributed by atoms with van der Waals surface area (Å²) in [6.45, 7) is 2.85. The average molecular weight is 372 g/mol. The molecule has 1 saturated heterocycles. The Morgan fingerprint density at radius 2 is 2.16 bits per heavy atom. The first-order chi connectivity index (χ1) is 12.0. The molecule has 6 heteroatoms. The van der Waals surface area contributed by atoms with Crippen molar-refractivity contribution in [2.45, 2.75) is 76.9 Å². The van der Waals surface area contributed by atoms with E-state index in [9.17, 15) is 14.7 Å². The molecule has 0 radical (unpaired) electrons. The van der Waals surface area contributed by atoms with Crippen LogP contribution in [0, 0.1) is 0 Å². The van der Waals surface area contributed by atoms with Gasteiger partial charge in [0, 0.05) is 18.7 Å². The maximum Gasteiger partial charge on any atom is 0.304 e. The van der Waals surface area contributed by atoms with Crippen molar-refractivity contribution in [2.75, 3.05) is 18.1 Å². The normalized spacial score (nSPS) is 19.5. The van der Waals surface area contributed by atoms with Crippen molar-refractivity contribution in [2.24, 2.45) is 0 Å². The second kappa shape index (κ2) is 13.2. The van der Waals surface area contributed by atoms with Gasteiger partial charge >= 0.3 is 5.97 Å². The van der Waals surface area contributed by atoms with E-state index < -0.39 is 12.1 Å². The number of unbranched alkanes of at least 4 members (excludes halogenated alkanes) is 2. The molecule has 144 valence electrons. The van der Waals surface area contributed by atoms with Crippen LogP contribution in [-0.4, -0.2) is 57.2 Å². The highest BCUT2D eigenvalue weighted by Gasteiger charge is 2.25. The summed E-state index contributed by atoms with van der Waals surface area (Å²) >= 11 is 1.63. The number of thioether (sulfide) groups is 1. The van der Waals surface area contributed by atoms with E-state index in [1.54, 1.807) is 11.8 Å². The van der Waals surface area contributed by atoms with Gasteiger partial charge in [-0.05, 0) is 31.4 Å². The summed E-state index contributed by atoms with van der Waals surface area (Å²) in [5, 5.41) is 18.7. The van der Waals surface area contributed by atoms with Crippen LogP contribution in [0.2, 0.25) is 0 Å². The fraction of sp³-hybridized carbons (Fsp3) is 0.789. The molecule has 5 nitrogen and oxygen atoms in total. The van der Waals surface area contributed by atoms with E-state index in [1.807, 2.05) is 17.1 Å².